The fourth-order valence-corrected chi connectivity index (χ4v) is 2.18. The summed E-state index contributed by atoms with van der Waals surface area (Å²) in [6, 6.07) is 19.1. The molecule has 0 fully saturated rings. The molecule has 0 atom stereocenters. The van der Waals surface area contributed by atoms with E-state index >= 15 is 0 Å². The van der Waals surface area contributed by atoms with Gasteiger partial charge >= 0.3 is 0 Å². The first-order valence-corrected chi connectivity index (χ1v) is 7.33. The highest BCUT2D eigenvalue weighted by molar-refractivity contribution is 5.93. The van der Waals surface area contributed by atoms with Crippen LogP contribution in [0.25, 0.3) is 11.1 Å². The summed E-state index contributed by atoms with van der Waals surface area (Å²) in [6.07, 6.45) is 2.91. The quantitative estimate of drug-likeness (QED) is 0.589. The maximum atomic E-state index is 14.2. The minimum absolute atomic E-state index is 0.264. The Morgan fingerprint density at radius 2 is 1.83 bits per heavy atom. The van der Waals surface area contributed by atoms with E-state index in [1.54, 1.807) is 30.3 Å². The average Bonchev–Trinajstić information content (AvgIpc) is 2.63. The van der Waals surface area contributed by atoms with Gasteiger partial charge in [-0.3, -0.25) is 9.78 Å². The van der Waals surface area contributed by atoms with Gasteiger partial charge in [-0.1, -0.05) is 48.5 Å². The maximum absolute atomic E-state index is 14.2. The predicted molar refractivity (Wildman–Crippen MR) is 91.1 cm³/mol. The van der Waals surface area contributed by atoms with Crippen molar-refractivity contribution < 1.29 is 9.18 Å². The number of hydrogen-bond donors (Lipinski definition) is 1. The Kier molecular flexibility index (Phi) is 4.72. The SMILES string of the molecule is O=C(N/N=C/c1ccc(-c2ccccc2)c(F)c1)c1ccccn1. The summed E-state index contributed by atoms with van der Waals surface area (Å²) in [7, 11) is 0. The van der Waals surface area contributed by atoms with Crippen molar-refractivity contribution in [2.75, 3.05) is 0 Å². The van der Waals surface area contributed by atoms with Crippen LogP contribution in [0.4, 0.5) is 4.39 Å². The molecule has 0 spiro atoms. The van der Waals surface area contributed by atoms with Gasteiger partial charge in [0.05, 0.1) is 6.21 Å². The van der Waals surface area contributed by atoms with Gasteiger partial charge < -0.3 is 0 Å². The number of benzene rings is 2. The van der Waals surface area contributed by atoms with Crippen LogP contribution in [0.5, 0.6) is 0 Å². The van der Waals surface area contributed by atoms with Crippen LogP contribution in [0, 0.1) is 5.82 Å². The number of rotatable bonds is 4. The van der Waals surface area contributed by atoms with Gasteiger partial charge in [-0.25, -0.2) is 9.82 Å². The lowest BCUT2D eigenvalue weighted by molar-refractivity contribution is 0.0950. The number of carbonyl (C=O) groups is 1. The van der Waals surface area contributed by atoms with E-state index in [1.807, 2.05) is 30.3 Å². The highest BCUT2D eigenvalue weighted by atomic mass is 19.1. The lowest BCUT2D eigenvalue weighted by Gasteiger charge is -2.04. The normalized spacial score (nSPS) is 10.7. The molecule has 0 saturated heterocycles. The van der Waals surface area contributed by atoms with Crippen LogP contribution >= 0.6 is 0 Å². The molecule has 0 aliphatic rings. The van der Waals surface area contributed by atoms with E-state index in [-0.39, 0.29) is 11.5 Å². The second kappa shape index (κ2) is 7.28. The molecule has 118 valence electrons. The number of nitrogens with zero attached hydrogens (tertiary/aromatic N) is 2. The van der Waals surface area contributed by atoms with Crippen LogP contribution < -0.4 is 5.43 Å². The van der Waals surface area contributed by atoms with Crippen molar-refractivity contribution in [2.24, 2.45) is 5.10 Å². The van der Waals surface area contributed by atoms with Crippen molar-refractivity contribution in [2.45, 2.75) is 0 Å². The molecule has 1 aromatic heterocycles. The number of nitrogens with one attached hydrogen (secondary N) is 1. The van der Waals surface area contributed by atoms with Crippen LogP contribution in [0.3, 0.4) is 0 Å². The summed E-state index contributed by atoms with van der Waals surface area (Å²) < 4.78 is 14.2. The highest BCUT2D eigenvalue weighted by Crippen LogP contribution is 2.22. The molecule has 0 aliphatic carbocycles. The first-order chi connectivity index (χ1) is 11.7. The van der Waals surface area contributed by atoms with E-state index < -0.39 is 5.91 Å². The van der Waals surface area contributed by atoms with Gasteiger partial charge in [0.25, 0.3) is 5.91 Å². The molecular formula is C19H14FN3O. The molecule has 3 aromatic rings. The highest BCUT2D eigenvalue weighted by Gasteiger charge is 2.06. The Labute approximate surface area is 138 Å². The number of pyridine rings is 1. The summed E-state index contributed by atoms with van der Waals surface area (Å²) in [5, 5.41) is 3.83. The molecule has 1 N–H and O–H groups in total. The van der Waals surface area contributed by atoms with E-state index in [9.17, 15) is 9.18 Å². The third-order valence-electron chi connectivity index (χ3n) is 3.36. The Balaban J connectivity index is 1.70. The van der Waals surface area contributed by atoms with Gasteiger partial charge in [0.2, 0.25) is 0 Å². The molecule has 0 saturated carbocycles. The predicted octanol–water partition coefficient (Wildman–Crippen LogP) is 3.65. The van der Waals surface area contributed by atoms with E-state index in [2.05, 4.69) is 15.5 Å². The van der Waals surface area contributed by atoms with Crippen molar-refractivity contribution in [3.63, 3.8) is 0 Å². The summed E-state index contributed by atoms with van der Waals surface area (Å²) in [5.41, 5.74) is 4.50. The van der Waals surface area contributed by atoms with Gasteiger partial charge in [0, 0.05) is 11.8 Å². The van der Waals surface area contributed by atoms with Crippen molar-refractivity contribution in [3.05, 3.63) is 90.0 Å². The van der Waals surface area contributed by atoms with Crippen LogP contribution in [0.1, 0.15) is 16.1 Å². The van der Waals surface area contributed by atoms with Crippen LogP contribution in [-0.2, 0) is 0 Å². The van der Waals surface area contributed by atoms with Gasteiger partial charge in [-0.15, -0.1) is 0 Å². The number of aromatic nitrogens is 1. The van der Waals surface area contributed by atoms with E-state index in [4.69, 9.17) is 0 Å². The zero-order valence-corrected chi connectivity index (χ0v) is 12.7. The minimum atomic E-state index is -0.423. The largest absolute Gasteiger partial charge is 0.289 e. The lowest BCUT2D eigenvalue weighted by Crippen LogP contribution is -2.18. The number of halogens is 1. The molecule has 3 rings (SSSR count). The van der Waals surface area contributed by atoms with Crippen molar-refractivity contribution in [1.82, 2.24) is 10.4 Å². The number of hydrazone groups is 1. The summed E-state index contributed by atoms with van der Waals surface area (Å²) in [6.45, 7) is 0. The van der Waals surface area contributed by atoms with Crippen molar-refractivity contribution in [3.8, 4) is 11.1 Å². The third kappa shape index (κ3) is 3.70. The first-order valence-electron chi connectivity index (χ1n) is 7.33. The molecule has 0 aliphatic heterocycles. The molecule has 5 heteroatoms. The number of carbonyl (C=O) groups excluding carboxylic acids is 1. The number of hydrogen-bond acceptors (Lipinski definition) is 3. The molecule has 2 aromatic carbocycles. The molecule has 1 amide bonds. The third-order valence-corrected chi connectivity index (χ3v) is 3.36. The van der Waals surface area contributed by atoms with Crippen LogP contribution in [-0.4, -0.2) is 17.1 Å². The molecule has 0 unspecified atom stereocenters. The maximum Gasteiger partial charge on any atom is 0.289 e. The second-order valence-electron chi connectivity index (χ2n) is 5.02. The van der Waals surface area contributed by atoms with E-state index in [0.717, 1.165) is 5.56 Å². The minimum Gasteiger partial charge on any atom is -0.266 e. The smallest absolute Gasteiger partial charge is 0.266 e. The topological polar surface area (TPSA) is 54.4 Å². The Morgan fingerprint density at radius 3 is 2.54 bits per heavy atom. The monoisotopic (exact) mass is 319 g/mol. The fourth-order valence-electron chi connectivity index (χ4n) is 2.18. The summed E-state index contributed by atoms with van der Waals surface area (Å²) in [4.78, 5) is 15.7. The second-order valence-corrected chi connectivity index (χ2v) is 5.02. The molecule has 1 heterocycles. The Morgan fingerprint density at radius 1 is 1.04 bits per heavy atom. The van der Waals surface area contributed by atoms with Crippen LogP contribution in [0.2, 0.25) is 0 Å². The zero-order chi connectivity index (χ0) is 16.8. The zero-order valence-electron chi connectivity index (χ0n) is 12.7. The molecule has 24 heavy (non-hydrogen) atoms. The molecule has 0 radical (unpaired) electrons. The van der Waals surface area contributed by atoms with Gasteiger partial charge in [-0.2, -0.15) is 5.10 Å². The fraction of sp³-hybridized carbons (Fsp3) is 0. The van der Waals surface area contributed by atoms with Crippen LogP contribution in [0.15, 0.2) is 78.0 Å². The molecule has 4 nitrogen and oxygen atoms in total. The van der Waals surface area contributed by atoms with Crippen molar-refractivity contribution in [1.29, 1.82) is 0 Å². The number of amides is 1. The van der Waals surface area contributed by atoms with Gasteiger partial charge in [-0.05, 0) is 29.3 Å². The van der Waals surface area contributed by atoms with E-state index in [0.29, 0.717) is 11.1 Å². The summed E-state index contributed by atoms with van der Waals surface area (Å²) >= 11 is 0. The summed E-state index contributed by atoms with van der Waals surface area (Å²) in [5.74, 6) is -0.769. The van der Waals surface area contributed by atoms with Gasteiger partial charge in [0.1, 0.15) is 11.5 Å². The Hall–Kier alpha value is -3.34. The average molecular weight is 319 g/mol. The van der Waals surface area contributed by atoms with Gasteiger partial charge in [0.15, 0.2) is 0 Å². The molecular weight excluding hydrogens is 305 g/mol. The van der Waals surface area contributed by atoms with Crippen molar-refractivity contribution >= 4 is 12.1 Å². The standard InChI is InChI=1S/C19H14FN3O/c20-17-12-14(9-10-16(17)15-6-2-1-3-7-15)13-22-23-19(24)18-8-4-5-11-21-18/h1-13H,(H,23,24)/b22-13+. The lowest BCUT2D eigenvalue weighted by atomic mass is 10.0. The van der Waals surface area contributed by atoms with E-state index in [1.165, 1.54) is 18.5 Å². The molecule has 0 bridgehead atoms. The Bertz CT molecular complexity index is 864. The first kappa shape index (κ1) is 15.6.